The predicted octanol–water partition coefficient (Wildman–Crippen LogP) is 5.60. The number of aryl methyl sites for hydroxylation is 1. The zero-order valence-electron chi connectivity index (χ0n) is 21.0. The van der Waals surface area contributed by atoms with Gasteiger partial charge in [-0.25, -0.2) is 9.59 Å². The van der Waals surface area contributed by atoms with E-state index in [9.17, 15) is 40.7 Å². The van der Waals surface area contributed by atoms with Crippen LogP contribution in [0.3, 0.4) is 0 Å². The molecule has 3 rings (SSSR count). The van der Waals surface area contributed by atoms with Crippen LogP contribution in [0.15, 0.2) is 42.5 Å². The summed E-state index contributed by atoms with van der Waals surface area (Å²) in [4.78, 5) is 37.7. The summed E-state index contributed by atoms with van der Waals surface area (Å²) in [6.45, 7) is 3.46. The normalized spacial score (nSPS) is 12.3. The van der Waals surface area contributed by atoms with Gasteiger partial charge in [-0.1, -0.05) is 29.8 Å². The van der Waals surface area contributed by atoms with E-state index in [1.165, 1.54) is 57.2 Å². The maximum Gasteiger partial charge on any atom is 0.435 e. The maximum absolute atomic E-state index is 13.3. The number of carbonyl (C=O) groups excluding carboxylic acids is 3. The highest BCUT2D eigenvalue weighted by molar-refractivity contribution is 6.35. The molecule has 3 aromatic rings. The van der Waals surface area contributed by atoms with Gasteiger partial charge in [-0.3, -0.25) is 9.48 Å². The fourth-order valence-electron chi connectivity index (χ4n) is 3.42. The topological polar surface area (TPSA) is 116 Å². The first-order valence-electron chi connectivity index (χ1n) is 11.3. The molecule has 0 spiro atoms. The number of amides is 1. The van der Waals surface area contributed by atoms with E-state index < -0.39 is 59.2 Å². The second-order valence-corrected chi connectivity index (χ2v) is 9.64. The van der Waals surface area contributed by atoms with Gasteiger partial charge in [0.25, 0.3) is 5.91 Å². The highest BCUT2D eigenvalue weighted by atomic mass is 35.5. The molecule has 0 atom stereocenters. The molecule has 0 unspecified atom stereocenters. The lowest BCUT2D eigenvalue weighted by Crippen LogP contribution is -2.43. The van der Waals surface area contributed by atoms with Crippen molar-refractivity contribution >= 4 is 35.1 Å². The van der Waals surface area contributed by atoms with Gasteiger partial charge in [0.15, 0.2) is 5.69 Å². The fraction of sp³-hybridized carbons (Fsp3) is 0.280. The van der Waals surface area contributed by atoms with Gasteiger partial charge in [-0.2, -0.15) is 31.4 Å². The average molecular weight is 591 g/mol. The minimum Gasteiger partial charge on any atom is -0.388 e. The van der Waals surface area contributed by atoms with Crippen molar-refractivity contribution in [3.8, 4) is 0 Å². The molecule has 1 heterocycles. The number of benzene rings is 2. The van der Waals surface area contributed by atoms with Gasteiger partial charge >= 0.3 is 24.3 Å². The molecular weight excluding hydrogens is 570 g/mol. The number of hydrogen-bond donors (Lipinski definition) is 2. The van der Waals surface area contributed by atoms with E-state index in [2.05, 4.69) is 10.4 Å². The molecule has 0 aliphatic carbocycles. The van der Waals surface area contributed by atoms with Crippen molar-refractivity contribution in [2.24, 2.45) is 5.73 Å². The number of ether oxygens (including phenoxy) is 1. The summed E-state index contributed by atoms with van der Waals surface area (Å²) in [5.41, 5.74) is 0.835. The van der Waals surface area contributed by atoms with Crippen LogP contribution in [-0.4, -0.2) is 33.2 Å². The third-order valence-electron chi connectivity index (χ3n) is 5.41. The largest absolute Gasteiger partial charge is 0.435 e. The van der Waals surface area contributed by atoms with Gasteiger partial charge in [-0.15, -0.1) is 0 Å². The van der Waals surface area contributed by atoms with E-state index in [0.717, 1.165) is 0 Å². The molecule has 0 radical (unpaired) electrons. The highest BCUT2D eigenvalue weighted by Crippen LogP contribution is 2.35. The first-order valence-corrected chi connectivity index (χ1v) is 11.6. The van der Waals surface area contributed by atoms with Crippen molar-refractivity contribution in [3.05, 3.63) is 81.1 Å². The molecule has 0 aliphatic rings. The monoisotopic (exact) mass is 590 g/mol. The Balaban J connectivity index is 1.86. The van der Waals surface area contributed by atoms with Gasteiger partial charge < -0.3 is 15.8 Å². The molecule has 2 aromatic carbocycles. The average Bonchev–Trinajstić information content (AvgIpc) is 3.25. The zero-order chi connectivity index (χ0) is 30.2. The number of rotatable bonds is 6. The molecule has 0 saturated carbocycles. The van der Waals surface area contributed by atoms with Crippen LogP contribution in [-0.2, 0) is 28.4 Å². The van der Waals surface area contributed by atoms with Crippen LogP contribution in [0.2, 0.25) is 5.02 Å². The molecule has 1 amide bonds. The maximum atomic E-state index is 13.3. The number of alkyl halides is 6. The number of nitrogens with zero attached hydrogens (tertiary/aromatic N) is 2. The number of halogens is 7. The Bertz CT molecular complexity index is 1480. The molecular formula is C25H21ClF6N4O4. The first-order chi connectivity index (χ1) is 18.3. The lowest BCUT2D eigenvalue weighted by Gasteiger charge is -2.17. The number of esters is 2. The van der Waals surface area contributed by atoms with E-state index >= 15 is 0 Å². The molecule has 214 valence electrons. The van der Waals surface area contributed by atoms with Crippen LogP contribution in [0.1, 0.15) is 57.1 Å². The highest BCUT2D eigenvalue weighted by Gasteiger charge is 2.42. The molecule has 15 heteroatoms. The number of anilines is 1. The summed E-state index contributed by atoms with van der Waals surface area (Å²) in [6.07, 6.45) is -10.2. The Morgan fingerprint density at radius 2 is 1.68 bits per heavy atom. The summed E-state index contributed by atoms with van der Waals surface area (Å²) in [5.74, 6) is -3.13. The smallest absolute Gasteiger partial charge is 0.388 e. The summed E-state index contributed by atoms with van der Waals surface area (Å²) < 4.78 is 83.7. The van der Waals surface area contributed by atoms with Gasteiger partial charge in [-0.05, 0) is 50.1 Å². The van der Waals surface area contributed by atoms with Crippen LogP contribution in [0.4, 0.5) is 32.0 Å². The second kappa shape index (κ2) is 10.9. The molecule has 40 heavy (non-hydrogen) atoms. The molecule has 8 nitrogen and oxygen atoms in total. The summed E-state index contributed by atoms with van der Waals surface area (Å²) in [7, 11) is 0. The molecule has 0 saturated heterocycles. The van der Waals surface area contributed by atoms with Gasteiger partial charge in [0, 0.05) is 11.8 Å². The predicted molar refractivity (Wildman–Crippen MR) is 131 cm³/mol. The Morgan fingerprint density at radius 1 is 1.02 bits per heavy atom. The van der Waals surface area contributed by atoms with Gasteiger partial charge in [0.2, 0.25) is 0 Å². The van der Waals surface area contributed by atoms with Crippen molar-refractivity contribution in [3.63, 3.8) is 0 Å². The van der Waals surface area contributed by atoms with Crippen LogP contribution in [0, 0.1) is 6.92 Å². The van der Waals surface area contributed by atoms with Crippen molar-refractivity contribution in [2.75, 3.05) is 5.32 Å². The van der Waals surface area contributed by atoms with E-state index in [0.29, 0.717) is 5.56 Å². The third kappa shape index (κ3) is 6.99. The van der Waals surface area contributed by atoms with Crippen LogP contribution >= 0.6 is 11.6 Å². The molecule has 0 bridgehead atoms. The summed E-state index contributed by atoms with van der Waals surface area (Å²) in [5, 5.41) is 5.39. The molecule has 3 N–H and O–H groups in total. The van der Waals surface area contributed by atoms with E-state index in [-0.39, 0.29) is 32.6 Å². The SMILES string of the molecule is Cc1cc(Cn2nc(C(F)(F)F)cc2C(F)(F)F)ccc1NC(=O)c1cccc(Cl)c1C(=O)OC(=O)C(C)(C)N. The van der Waals surface area contributed by atoms with E-state index in [1.807, 2.05) is 0 Å². The number of nitrogens with two attached hydrogens (primary N) is 1. The second-order valence-electron chi connectivity index (χ2n) is 9.23. The van der Waals surface area contributed by atoms with Crippen molar-refractivity contribution in [1.29, 1.82) is 0 Å². The Morgan fingerprint density at radius 3 is 2.23 bits per heavy atom. The lowest BCUT2D eigenvalue weighted by molar-refractivity contribution is -0.144. The number of nitrogens with one attached hydrogen (secondary N) is 1. The number of hydrogen-bond acceptors (Lipinski definition) is 6. The van der Waals surface area contributed by atoms with Crippen LogP contribution in [0.25, 0.3) is 0 Å². The van der Waals surface area contributed by atoms with Gasteiger partial charge in [0.1, 0.15) is 11.2 Å². The third-order valence-corrected chi connectivity index (χ3v) is 5.72. The van der Waals surface area contributed by atoms with Crippen molar-refractivity contribution in [2.45, 2.75) is 45.2 Å². The first kappa shape index (κ1) is 30.6. The Kier molecular flexibility index (Phi) is 8.37. The quantitative estimate of drug-likeness (QED) is 0.219. The standard InChI is InChI=1S/C25H21ClF6N4O4/c1-12-9-13(11-36-18(25(30,31)32)10-17(35-36)24(27,28)29)7-8-16(12)34-20(37)14-5-4-6-15(26)19(14)21(38)40-22(39)23(2,3)33/h4-10H,11,33H2,1-3H3,(H,34,37). The van der Waals surface area contributed by atoms with Crippen molar-refractivity contribution in [1.82, 2.24) is 9.78 Å². The minimum absolute atomic E-state index is 0.0723. The Labute approximate surface area is 228 Å². The van der Waals surface area contributed by atoms with Gasteiger partial charge in [0.05, 0.1) is 22.7 Å². The van der Waals surface area contributed by atoms with Crippen LogP contribution < -0.4 is 11.1 Å². The lowest BCUT2D eigenvalue weighted by atomic mass is 10.0. The fourth-order valence-corrected chi connectivity index (χ4v) is 3.67. The van der Waals surface area contributed by atoms with Crippen molar-refractivity contribution < 1.29 is 45.5 Å². The summed E-state index contributed by atoms with van der Waals surface area (Å²) >= 11 is 6.09. The molecule has 0 aliphatic heterocycles. The number of aromatic nitrogens is 2. The summed E-state index contributed by atoms with van der Waals surface area (Å²) in [6, 6.07) is 7.78. The minimum atomic E-state index is -5.08. The molecule has 0 fully saturated rings. The van der Waals surface area contributed by atoms with E-state index in [4.69, 9.17) is 22.1 Å². The van der Waals surface area contributed by atoms with Crippen LogP contribution in [0.5, 0.6) is 0 Å². The Hall–Kier alpha value is -3.91. The van der Waals surface area contributed by atoms with E-state index in [1.54, 1.807) is 0 Å². The molecule has 1 aromatic heterocycles. The zero-order valence-corrected chi connectivity index (χ0v) is 21.8. The number of carbonyl (C=O) groups is 3.